The number of aromatic nitrogens is 1. The Balaban J connectivity index is 2.37. The van der Waals surface area contributed by atoms with Crippen molar-refractivity contribution < 1.29 is 0 Å². The molecule has 4 heteroatoms. The van der Waals surface area contributed by atoms with E-state index in [1.54, 1.807) is 18.3 Å². The molecule has 0 aliphatic heterocycles. The average Bonchev–Trinajstić information content (AvgIpc) is 2.35. The van der Waals surface area contributed by atoms with Gasteiger partial charge in [-0.15, -0.1) is 0 Å². The second-order valence-electron chi connectivity index (χ2n) is 3.70. The number of nitriles is 1. The molecular formula is C13H12N4. The molecular weight excluding hydrogens is 212 g/mol. The molecule has 0 unspecified atom stereocenters. The van der Waals surface area contributed by atoms with E-state index in [0.717, 1.165) is 16.9 Å². The molecule has 0 saturated carbocycles. The van der Waals surface area contributed by atoms with E-state index in [-0.39, 0.29) is 0 Å². The molecule has 0 saturated heterocycles. The summed E-state index contributed by atoms with van der Waals surface area (Å²) in [7, 11) is 0. The van der Waals surface area contributed by atoms with Gasteiger partial charge in [0.05, 0.1) is 17.3 Å². The molecule has 0 aliphatic rings. The van der Waals surface area contributed by atoms with Gasteiger partial charge in [0.1, 0.15) is 5.82 Å². The van der Waals surface area contributed by atoms with Crippen LogP contribution in [0.15, 0.2) is 36.5 Å². The zero-order valence-electron chi connectivity index (χ0n) is 9.44. The summed E-state index contributed by atoms with van der Waals surface area (Å²) in [4.78, 5) is 4.00. The Bertz CT molecular complexity index is 584. The molecule has 2 aromatic rings. The first kappa shape index (κ1) is 11.0. The van der Waals surface area contributed by atoms with E-state index in [1.165, 1.54) is 0 Å². The van der Waals surface area contributed by atoms with Crippen LogP contribution in [-0.2, 0) is 0 Å². The molecule has 0 spiro atoms. The van der Waals surface area contributed by atoms with Crippen LogP contribution in [0.25, 0.3) is 0 Å². The standard InChI is InChI=1S/C13H12N4/c1-9-4-5-10(8-14)7-12(9)17-11-3-2-6-16-13(11)15/h2-7,17H,1H3,(H2,15,16). The first-order valence-electron chi connectivity index (χ1n) is 5.19. The molecule has 2 rings (SSSR count). The summed E-state index contributed by atoms with van der Waals surface area (Å²) >= 11 is 0. The molecule has 0 radical (unpaired) electrons. The smallest absolute Gasteiger partial charge is 0.147 e. The molecule has 0 amide bonds. The number of nitrogens with one attached hydrogen (secondary N) is 1. The van der Waals surface area contributed by atoms with Crippen LogP contribution in [0, 0.1) is 18.3 Å². The van der Waals surface area contributed by atoms with E-state index in [1.807, 2.05) is 25.1 Å². The predicted octanol–water partition coefficient (Wildman–Crippen LogP) is 2.59. The zero-order chi connectivity index (χ0) is 12.3. The fourth-order valence-electron chi connectivity index (χ4n) is 1.49. The van der Waals surface area contributed by atoms with Crippen molar-refractivity contribution in [3.05, 3.63) is 47.7 Å². The third-order valence-electron chi connectivity index (χ3n) is 2.47. The summed E-state index contributed by atoms with van der Waals surface area (Å²) in [5.41, 5.74) is 9.02. The van der Waals surface area contributed by atoms with E-state index in [9.17, 15) is 0 Å². The van der Waals surface area contributed by atoms with Crippen LogP contribution in [-0.4, -0.2) is 4.98 Å². The molecule has 1 aromatic heterocycles. The Morgan fingerprint density at radius 2 is 2.12 bits per heavy atom. The molecule has 0 fully saturated rings. The SMILES string of the molecule is Cc1ccc(C#N)cc1Nc1cccnc1N. The van der Waals surface area contributed by atoms with Gasteiger partial charge < -0.3 is 11.1 Å². The van der Waals surface area contributed by atoms with Gasteiger partial charge in [-0.2, -0.15) is 5.26 Å². The summed E-state index contributed by atoms with van der Waals surface area (Å²) in [6.07, 6.45) is 1.64. The number of anilines is 3. The Morgan fingerprint density at radius 3 is 2.82 bits per heavy atom. The molecule has 3 N–H and O–H groups in total. The minimum atomic E-state index is 0.439. The van der Waals surface area contributed by atoms with Gasteiger partial charge in [0.2, 0.25) is 0 Å². The summed E-state index contributed by atoms with van der Waals surface area (Å²) in [5, 5.41) is 12.0. The normalized spacial score (nSPS) is 9.65. The third-order valence-corrected chi connectivity index (χ3v) is 2.47. The number of nitrogens with two attached hydrogens (primary N) is 1. The van der Waals surface area contributed by atoms with E-state index >= 15 is 0 Å². The summed E-state index contributed by atoms with van der Waals surface area (Å²) in [5.74, 6) is 0.439. The van der Waals surface area contributed by atoms with Crippen molar-refractivity contribution in [2.45, 2.75) is 6.92 Å². The number of nitrogens with zero attached hydrogens (tertiary/aromatic N) is 2. The maximum Gasteiger partial charge on any atom is 0.147 e. The number of rotatable bonds is 2. The van der Waals surface area contributed by atoms with Crippen LogP contribution in [0.2, 0.25) is 0 Å². The van der Waals surface area contributed by atoms with Gasteiger partial charge in [-0.3, -0.25) is 0 Å². The van der Waals surface area contributed by atoms with E-state index in [2.05, 4.69) is 16.4 Å². The first-order chi connectivity index (χ1) is 8.20. The van der Waals surface area contributed by atoms with Gasteiger partial charge in [-0.1, -0.05) is 6.07 Å². The first-order valence-corrected chi connectivity index (χ1v) is 5.19. The van der Waals surface area contributed by atoms with E-state index in [0.29, 0.717) is 11.4 Å². The van der Waals surface area contributed by atoms with Crippen molar-refractivity contribution in [1.82, 2.24) is 4.98 Å². The van der Waals surface area contributed by atoms with Gasteiger partial charge in [-0.25, -0.2) is 4.98 Å². The molecule has 84 valence electrons. The van der Waals surface area contributed by atoms with Crippen LogP contribution < -0.4 is 11.1 Å². The van der Waals surface area contributed by atoms with Gasteiger partial charge >= 0.3 is 0 Å². The van der Waals surface area contributed by atoms with Gasteiger partial charge in [0.25, 0.3) is 0 Å². The molecule has 0 aliphatic carbocycles. The number of aryl methyl sites for hydroxylation is 1. The maximum atomic E-state index is 8.86. The molecule has 4 nitrogen and oxygen atoms in total. The third kappa shape index (κ3) is 2.34. The lowest BCUT2D eigenvalue weighted by Gasteiger charge is -2.11. The van der Waals surface area contributed by atoms with Crippen molar-refractivity contribution in [2.75, 3.05) is 11.1 Å². The molecule has 1 aromatic carbocycles. The van der Waals surface area contributed by atoms with Crippen molar-refractivity contribution >= 4 is 17.2 Å². The van der Waals surface area contributed by atoms with Gasteiger partial charge in [0.15, 0.2) is 0 Å². The second kappa shape index (κ2) is 4.54. The Labute approximate surface area is 99.7 Å². The van der Waals surface area contributed by atoms with Crippen LogP contribution in [0.3, 0.4) is 0 Å². The number of nitrogen functional groups attached to an aromatic ring is 1. The lowest BCUT2D eigenvalue weighted by molar-refractivity contribution is 1.32. The van der Waals surface area contributed by atoms with Gasteiger partial charge in [-0.05, 0) is 36.8 Å². The van der Waals surface area contributed by atoms with Crippen LogP contribution in [0.5, 0.6) is 0 Å². The van der Waals surface area contributed by atoms with Crippen LogP contribution in [0.1, 0.15) is 11.1 Å². The molecule has 1 heterocycles. The molecule has 0 bridgehead atoms. The monoisotopic (exact) mass is 224 g/mol. The maximum absolute atomic E-state index is 8.86. The second-order valence-corrected chi connectivity index (χ2v) is 3.70. The summed E-state index contributed by atoms with van der Waals surface area (Å²) in [6, 6.07) is 11.2. The Hall–Kier alpha value is -2.54. The Morgan fingerprint density at radius 1 is 1.29 bits per heavy atom. The van der Waals surface area contributed by atoms with Crippen molar-refractivity contribution in [3.8, 4) is 6.07 Å². The quantitative estimate of drug-likeness (QED) is 0.822. The van der Waals surface area contributed by atoms with E-state index in [4.69, 9.17) is 11.0 Å². The summed E-state index contributed by atoms with van der Waals surface area (Å²) in [6.45, 7) is 1.97. The summed E-state index contributed by atoms with van der Waals surface area (Å²) < 4.78 is 0. The number of pyridine rings is 1. The highest BCUT2D eigenvalue weighted by molar-refractivity contribution is 5.71. The predicted molar refractivity (Wildman–Crippen MR) is 67.8 cm³/mol. The zero-order valence-corrected chi connectivity index (χ0v) is 9.44. The van der Waals surface area contributed by atoms with Crippen molar-refractivity contribution in [1.29, 1.82) is 5.26 Å². The van der Waals surface area contributed by atoms with Crippen molar-refractivity contribution in [3.63, 3.8) is 0 Å². The highest BCUT2D eigenvalue weighted by atomic mass is 15.0. The van der Waals surface area contributed by atoms with E-state index < -0.39 is 0 Å². The molecule has 0 atom stereocenters. The lowest BCUT2D eigenvalue weighted by Crippen LogP contribution is -1.99. The largest absolute Gasteiger partial charge is 0.382 e. The number of hydrogen-bond acceptors (Lipinski definition) is 4. The fraction of sp³-hybridized carbons (Fsp3) is 0.0769. The minimum Gasteiger partial charge on any atom is -0.382 e. The fourth-order valence-corrected chi connectivity index (χ4v) is 1.49. The average molecular weight is 224 g/mol. The highest BCUT2D eigenvalue weighted by Gasteiger charge is 2.03. The highest BCUT2D eigenvalue weighted by Crippen LogP contribution is 2.24. The topological polar surface area (TPSA) is 74.7 Å². The Kier molecular flexibility index (Phi) is 2.93. The lowest BCUT2D eigenvalue weighted by atomic mass is 10.1. The van der Waals surface area contributed by atoms with Gasteiger partial charge in [0, 0.05) is 11.9 Å². The number of benzene rings is 1. The number of hydrogen-bond donors (Lipinski definition) is 2. The minimum absolute atomic E-state index is 0.439. The van der Waals surface area contributed by atoms with Crippen LogP contribution in [0.4, 0.5) is 17.2 Å². The molecule has 17 heavy (non-hydrogen) atoms. The van der Waals surface area contributed by atoms with Crippen LogP contribution >= 0.6 is 0 Å². The van der Waals surface area contributed by atoms with Crippen molar-refractivity contribution in [2.24, 2.45) is 0 Å².